The molecule has 0 unspecified atom stereocenters. The zero-order valence-electron chi connectivity index (χ0n) is 15.2. The van der Waals surface area contributed by atoms with E-state index in [4.69, 9.17) is 10.5 Å². The zero-order chi connectivity index (χ0) is 19.7. The number of aromatic nitrogens is 2. The molecule has 5 nitrogen and oxygen atoms in total. The number of primary amides is 1. The summed E-state index contributed by atoms with van der Waals surface area (Å²) in [4.78, 5) is 10.8. The number of hydrogen-bond donors (Lipinski definition) is 1. The smallest absolute Gasteiger partial charge is 0.404 e. The summed E-state index contributed by atoms with van der Waals surface area (Å²) in [6, 6.07) is 20.1. The molecule has 1 heterocycles. The van der Waals surface area contributed by atoms with Crippen molar-refractivity contribution in [1.82, 2.24) is 9.78 Å². The Balaban J connectivity index is 1.75. The van der Waals surface area contributed by atoms with E-state index in [9.17, 15) is 9.18 Å². The first-order valence-electron chi connectivity index (χ1n) is 8.75. The van der Waals surface area contributed by atoms with E-state index >= 15 is 0 Å². The Bertz CT molecular complexity index is 1180. The highest BCUT2D eigenvalue weighted by Crippen LogP contribution is 2.32. The predicted octanol–water partition coefficient (Wildman–Crippen LogP) is 4.64. The van der Waals surface area contributed by atoms with Crippen LogP contribution in [-0.4, -0.2) is 15.9 Å². The number of amides is 1. The molecular formula is C22H18FN3O2. The lowest BCUT2D eigenvalue weighted by molar-refractivity contribution is 0.150. The van der Waals surface area contributed by atoms with Crippen LogP contribution in [0.5, 0.6) is 0 Å². The molecule has 1 amide bonds. The van der Waals surface area contributed by atoms with Gasteiger partial charge in [0.05, 0.1) is 11.2 Å². The van der Waals surface area contributed by atoms with Crippen molar-refractivity contribution in [1.29, 1.82) is 0 Å². The van der Waals surface area contributed by atoms with Gasteiger partial charge in [0.2, 0.25) is 0 Å². The fourth-order valence-electron chi connectivity index (χ4n) is 3.35. The van der Waals surface area contributed by atoms with Gasteiger partial charge in [-0.3, -0.25) is 4.68 Å². The van der Waals surface area contributed by atoms with Gasteiger partial charge in [-0.25, -0.2) is 9.18 Å². The van der Waals surface area contributed by atoms with Crippen molar-refractivity contribution in [3.63, 3.8) is 0 Å². The second kappa shape index (κ2) is 7.15. The highest BCUT2D eigenvalue weighted by atomic mass is 19.1. The van der Waals surface area contributed by atoms with Crippen molar-refractivity contribution in [2.45, 2.75) is 6.61 Å². The molecule has 0 aliphatic rings. The molecule has 0 bridgehead atoms. The topological polar surface area (TPSA) is 70.1 Å². The van der Waals surface area contributed by atoms with Gasteiger partial charge in [0.1, 0.15) is 12.4 Å². The largest absolute Gasteiger partial charge is 0.445 e. The molecule has 0 aliphatic heterocycles. The second-order valence-electron chi connectivity index (χ2n) is 6.52. The number of rotatable bonds is 4. The van der Waals surface area contributed by atoms with E-state index in [0.717, 1.165) is 38.9 Å². The van der Waals surface area contributed by atoms with Gasteiger partial charge < -0.3 is 10.5 Å². The van der Waals surface area contributed by atoms with Crippen molar-refractivity contribution in [3.8, 4) is 22.4 Å². The zero-order valence-corrected chi connectivity index (χ0v) is 15.2. The third-order valence-electron chi connectivity index (χ3n) is 4.57. The summed E-state index contributed by atoms with van der Waals surface area (Å²) < 4.78 is 20.2. The van der Waals surface area contributed by atoms with Crippen molar-refractivity contribution in [2.75, 3.05) is 0 Å². The lowest BCUT2D eigenvalue weighted by Gasteiger charge is -2.07. The number of halogens is 1. The number of carbonyl (C=O) groups excluding carboxylic acids is 1. The molecule has 1 aromatic heterocycles. The van der Waals surface area contributed by atoms with Crippen molar-refractivity contribution >= 4 is 17.0 Å². The SMILES string of the molecule is Cn1nc2cc(-c3cccc(F)c3)ccc2c1-c1cccc(COC(N)=O)c1. The lowest BCUT2D eigenvalue weighted by atomic mass is 10.0. The molecule has 28 heavy (non-hydrogen) atoms. The Kier molecular flexibility index (Phi) is 4.53. The molecule has 4 rings (SSSR count). The van der Waals surface area contributed by atoms with Crippen LogP contribution in [0.15, 0.2) is 66.7 Å². The Labute approximate surface area is 161 Å². The van der Waals surface area contributed by atoms with Crippen molar-refractivity contribution < 1.29 is 13.9 Å². The molecule has 0 saturated heterocycles. The average Bonchev–Trinajstić information content (AvgIpc) is 3.01. The number of nitrogens with zero attached hydrogens (tertiary/aromatic N) is 2. The summed E-state index contributed by atoms with van der Waals surface area (Å²) >= 11 is 0. The summed E-state index contributed by atoms with van der Waals surface area (Å²) in [6.07, 6.45) is -0.804. The number of fused-ring (bicyclic) bond motifs is 1. The van der Waals surface area contributed by atoms with Gasteiger partial charge in [0.15, 0.2) is 0 Å². The molecule has 0 atom stereocenters. The van der Waals surface area contributed by atoms with E-state index < -0.39 is 6.09 Å². The van der Waals surface area contributed by atoms with Crippen LogP contribution in [-0.2, 0) is 18.4 Å². The number of hydrogen-bond acceptors (Lipinski definition) is 3. The third-order valence-corrected chi connectivity index (χ3v) is 4.57. The second-order valence-corrected chi connectivity index (χ2v) is 6.52. The Morgan fingerprint density at radius 1 is 1.04 bits per heavy atom. The van der Waals surface area contributed by atoms with E-state index in [1.165, 1.54) is 12.1 Å². The highest BCUT2D eigenvalue weighted by molar-refractivity contribution is 5.95. The maximum absolute atomic E-state index is 13.5. The molecule has 0 radical (unpaired) electrons. The molecule has 0 fully saturated rings. The number of ether oxygens (including phenoxy) is 1. The van der Waals surface area contributed by atoms with E-state index in [-0.39, 0.29) is 12.4 Å². The molecule has 0 spiro atoms. The molecule has 0 saturated carbocycles. The normalized spacial score (nSPS) is 10.9. The van der Waals surface area contributed by atoms with Crippen LogP contribution in [0.1, 0.15) is 5.56 Å². The number of carbonyl (C=O) groups is 1. The van der Waals surface area contributed by atoms with Crippen molar-refractivity contribution in [2.24, 2.45) is 12.8 Å². The minimum atomic E-state index is -0.804. The van der Waals surface area contributed by atoms with Crippen LogP contribution in [0.3, 0.4) is 0 Å². The van der Waals surface area contributed by atoms with Crippen LogP contribution in [0, 0.1) is 5.82 Å². The van der Waals surface area contributed by atoms with Gasteiger partial charge >= 0.3 is 6.09 Å². The first-order chi connectivity index (χ1) is 13.5. The quantitative estimate of drug-likeness (QED) is 0.565. The van der Waals surface area contributed by atoms with E-state index in [1.54, 1.807) is 6.07 Å². The summed E-state index contributed by atoms with van der Waals surface area (Å²) in [5, 5.41) is 5.60. The molecule has 2 N–H and O–H groups in total. The molecule has 0 aliphatic carbocycles. The van der Waals surface area contributed by atoms with Gasteiger partial charge in [0.25, 0.3) is 0 Å². The minimum absolute atomic E-state index is 0.114. The summed E-state index contributed by atoms with van der Waals surface area (Å²) in [7, 11) is 1.88. The minimum Gasteiger partial charge on any atom is -0.445 e. The Hall–Kier alpha value is -3.67. The first-order valence-corrected chi connectivity index (χ1v) is 8.75. The maximum atomic E-state index is 13.5. The van der Waals surface area contributed by atoms with Crippen LogP contribution in [0.25, 0.3) is 33.3 Å². The van der Waals surface area contributed by atoms with Crippen LogP contribution in [0.4, 0.5) is 9.18 Å². The maximum Gasteiger partial charge on any atom is 0.404 e. The van der Waals surface area contributed by atoms with Gasteiger partial charge in [-0.2, -0.15) is 5.10 Å². The third kappa shape index (κ3) is 3.44. The van der Waals surface area contributed by atoms with Crippen LogP contribution in [0.2, 0.25) is 0 Å². The molecule has 6 heteroatoms. The Morgan fingerprint density at radius 2 is 1.79 bits per heavy atom. The fourth-order valence-corrected chi connectivity index (χ4v) is 3.35. The summed E-state index contributed by atoms with van der Waals surface area (Å²) in [5.41, 5.74) is 10.3. The highest BCUT2D eigenvalue weighted by Gasteiger charge is 2.13. The van der Waals surface area contributed by atoms with E-state index in [2.05, 4.69) is 5.10 Å². The van der Waals surface area contributed by atoms with Gasteiger partial charge in [-0.05, 0) is 47.0 Å². The van der Waals surface area contributed by atoms with Gasteiger partial charge in [0, 0.05) is 18.0 Å². The van der Waals surface area contributed by atoms with Crippen LogP contribution >= 0.6 is 0 Å². The molecule has 140 valence electrons. The monoisotopic (exact) mass is 375 g/mol. The average molecular weight is 375 g/mol. The number of aryl methyl sites for hydroxylation is 1. The van der Waals surface area contributed by atoms with Crippen molar-refractivity contribution in [3.05, 3.63) is 78.1 Å². The van der Waals surface area contributed by atoms with E-state index in [0.29, 0.717) is 0 Å². The first kappa shape index (κ1) is 17.7. The number of benzene rings is 3. The van der Waals surface area contributed by atoms with Gasteiger partial charge in [-0.1, -0.05) is 36.4 Å². The molecular weight excluding hydrogens is 357 g/mol. The summed E-state index contributed by atoms with van der Waals surface area (Å²) in [5.74, 6) is -0.269. The van der Waals surface area contributed by atoms with Gasteiger partial charge in [-0.15, -0.1) is 0 Å². The predicted molar refractivity (Wildman–Crippen MR) is 106 cm³/mol. The molecule has 3 aromatic carbocycles. The number of nitrogens with two attached hydrogens (primary N) is 1. The van der Waals surface area contributed by atoms with Crippen LogP contribution < -0.4 is 5.73 Å². The standard InChI is InChI=1S/C22H18FN3O2/c1-26-21(17-6-2-4-14(10-17)13-28-22(24)27)19-9-8-16(12-20(19)25-26)15-5-3-7-18(23)11-15/h2-12H,13H2,1H3,(H2,24,27). The molecule has 4 aromatic rings. The fraction of sp³-hybridized carbons (Fsp3) is 0.0909. The lowest BCUT2D eigenvalue weighted by Crippen LogP contribution is -2.12. The van der Waals surface area contributed by atoms with E-state index in [1.807, 2.05) is 60.3 Å². The Morgan fingerprint density at radius 3 is 2.57 bits per heavy atom. The summed E-state index contributed by atoms with van der Waals surface area (Å²) in [6.45, 7) is 0.114.